The Morgan fingerprint density at radius 2 is 2.21 bits per heavy atom. The summed E-state index contributed by atoms with van der Waals surface area (Å²) in [5.41, 5.74) is 2.87. The van der Waals surface area contributed by atoms with Gasteiger partial charge in [-0.15, -0.1) is 0 Å². The Kier molecular flexibility index (Phi) is 2.37. The molecule has 1 aromatic rings. The molecule has 2 heterocycles. The third kappa shape index (κ3) is 1.48. The van der Waals surface area contributed by atoms with Crippen LogP contribution in [0.5, 0.6) is 11.5 Å². The first-order valence-corrected chi connectivity index (χ1v) is 7.41. The van der Waals surface area contributed by atoms with Crippen LogP contribution >= 0.6 is 0 Å². The molecule has 0 aromatic heterocycles. The van der Waals surface area contributed by atoms with E-state index in [1.165, 1.54) is 30.4 Å². The van der Waals surface area contributed by atoms with Gasteiger partial charge in [-0.25, -0.2) is 0 Å². The summed E-state index contributed by atoms with van der Waals surface area (Å²) in [5, 5.41) is 10.2. The van der Waals surface area contributed by atoms with Gasteiger partial charge in [0.1, 0.15) is 6.10 Å². The van der Waals surface area contributed by atoms with Crippen molar-refractivity contribution in [2.24, 2.45) is 0 Å². The molecule has 2 aliphatic heterocycles. The average Bonchev–Trinajstić information content (AvgIpc) is 2.69. The number of rotatable bonds is 0. The third-order valence-electron chi connectivity index (χ3n) is 5.32. The Morgan fingerprint density at radius 3 is 3.11 bits per heavy atom. The molecule has 102 valence electrons. The molecule has 1 aromatic carbocycles. The van der Waals surface area contributed by atoms with Crippen LogP contribution < -0.4 is 4.74 Å². The molecule has 2 unspecified atom stereocenters. The molecule has 3 aliphatic rings. The summed E-state index contributed by atoms with van der Waals surface area (Å²) in [5.74, 6) is 1.12. The van der Waals surface area contributed by atoms with E-state index in [0.717, 1.165) is 31.7 Å². The summed E-state index contributed by atoms with van der Waals surface area (Å²) in [6.07, 6.45) is 6.35. The normalized spacial score (nSPS) is 33.2. The molecular formula is C16H21NO2. The number of phenolic OH excluding ortho intramolecular Hbond substituents is 1. The van der Waals surface area contributed by atoms with Gasteiger partial charge < -0.3 is 14.7 Å². The van der Waals surface area contributed by atoms with Crippen LogP contribution in [0.3, 0.4) is 0 Å². The second kappa shape index (κ2) is 3.89. The summed E-state index contributed by atoms with van der Waals surface area (Å²) in [7, 11) is 2.19. The minimum atomic E-state index is 0.173. The summed E-state index contributed by atoms with van der Waals surface area (Å²) in [6, 6.07) is 3.90. The van der Waals surface area contributed by atoms with Gasteiger partial charge in [0.2, 0.25) is 0 Å². The summed E-state index contributed by atoms with van der Waals surface area (Å²) < 4.78 is 6.18. The van der Waals surface area contributed by atoms with Gasteiger partial charge in [0, 0.05) is 17.5 Å². The van der Waals surface area contributed by atoms with E-state index >= 15 is 0 Å². The van der Waals surface area contributed by atoms with Gasteiger partial charge in [-0.05, 0) is 50.9 Å². The van der Waals surface area contributed by atoms with E-state index in [4.69, 9.17) is 4.74 Å². The van der Waals surface area contributed by atoms with E-state index in [9.17, 15) is 5.11 Å². The predicted molar refractivity (Wildman–Crippen MR) is 73.6 cm³/mol. The lowest BCUT2D eigenvalue weighted by Gasteiger charge is -2.38. The van der Waals surface area contributed by atoms with Crippen LogP contribution in [0.15, 0.2) is 12.1 Å². The first-order valence-electron chi connectivity index (χ1n) is 7.41. The molecule has 0 saturated heterocycles. The largest absolute Gasteiger partial charge is 0.504 e. The zero-order valence-corrected chi connectivity index (χ0v) is 11.5. The summed E-state index contributed by atoms with van der Waals surface area (Å²) in [6.45, 7) is 2.09. The molecule has 2 atom stereocenters. The number of benzene rings is 1. The fourth-order valence-corrected chi connectivity index (χ4v) is 4.39. The van der Waals surface area contributed by atoms with Crippen LogP contribution in [0.2, 0.25) is 0 Å². The SMILES string of the molecule is CN1CCC23CCCCC2Oc2c(O)ccc(c23)C1. The predicted octanol–water partition coefficient (Wildman–Crippen LogP) is 2.80. The zero-order valence-electron chi connectivity index (χ0n) is 11.5. The van der Waals surface area contributed by atoms with Crippen molar-refractivity contribution >= 4 is 0 Å². The van der Waals surface area contributed by atoms with Gasteiger partial charge in [0.05, 0.1) is 0 Å². The third-order valence-corrected chi connectivity index (χ3v) is 5.32. The first kappa shape index (κ1) is 11.6. The van der Waals surface area contributed by atoms with E-state index in [1.54, 1.807) is 6.07 Å². The Bertz CT molecular complexity index is 528. The van der Waals surface area contributed by atoms with Crippen molar-refractivity contribution in [3.63, 3.8) is 0 Å². The number of hydrogen-bond donors (Lipinski definition) is 1. The van der Waals surface area contributed by atoms with Crippen molar-refractivity contribution < 1.29 is 9.84 Å². The number of aromatic hydroxyl groups is 1. The molecule has 0 bridgehead atoms. The fraction of sp³-hybridized carbons (Fsp3) is 0.625. The van der Waals surface area contributed by atoms with Crippen LogP contribution in [0.1, 0.15) is 43.2 Å². The number of hydrogen-bond acceptors (Lipinski definition) is 3. The molecule has 3 nitrogen and oxygen atoms in total. The second-order valence-corrected chi connectivity index (χ2v) is 6.44. The van der Waals surface area contributed by atoms with Crippen LogP contribution in [0.4, 0.5) is 0 Å². The second-order valence-electron chi connectivity index (χ2n) is 6.44. The van der Waals surface area contributed by atoms with Gasteiger partial charge in [-0.2, -0.15) is 0 Å². The molecule has 4 rings (SSSR count). The van der Waals surface area contributed by atoms with E-state index in [0.29, 0.717) is 5.75 Å². The first-order chi connectivity index (χ1) is 9.21. The van der Waals surface area contributed by atoms with Gasteiger partial charge in [-0.3, -0.25) is 0 Å². The Hall–Kier alpha value is -1.22. The highest BCUT2D eigenvalue weighted by atomic mass is 16.5. The van der Waals surface area contributed by atoms with E-state index in [2.05, 4.69) is 18.0 Å². The highest BCUT2D eigenvalue weighted by Gasteiger charge is 2.52. The van der Waals surface area contributed by atoms with Crippen LogP contribution in [0, 0.1) is 0 Å². The van der Waals surface area contributed by atoms with Crippen molar-refractivity contribution in [3.05, 3.63) is 23.3 Å². The topological polar surface area (TPSA) is 32.7 Å². The summed E-state index contributed by atoms with van der Waals surface area (Å²) in [4.78, 5) is 2.39. The number of ether oxygens (including phenoxy) is 1. The monoisotopic (exact) mass is 259 g/mol. The highest BCUT2D eigenvalue weighted by Crippen LogP contribution is 2.57. The number of phenols is 1. The van der Waals surface area contributed by atoms with Crippen molar-refractivity contribution in [1.82, 2.24) is 4.90 Å². The molecule has 0 radical (unpaired) electrons. The van der Waals surface area contributed by atoms with Crippen LogP contribution in [-0.2, 0) is 12.0 Å². The molecule has 19 heavy (non-hydrogen) atoms. The standard InChI is InChI=1S/C16H21NO2/c1-17-9-8-16-7-3-2-4-13(16)19-15-12(18)6-5-11(10-17)14(15)16/h5-6,13,18H,2-4,7-10H2,1H3. The van der Waals surface area contributed by atoms with Crippen molar-refractivity contribution in [2.45, 2.75) is 50.2 Å². The molecule has 3 heteroatoms. The lowest BCUT2D eigenvalue weighted by molar-refractivity contribution is 0.0870. The minimum absolute atomic E-state index is 0.173. The van der Waals surface area contributed by atoms with E-state index < -0.39 is 0 Å². The number of nitrogens with zero attached hydrogens (tertiary/aromatic N) is 1. The maximum Gasteiger partial charge on any atom is 0.165 e. The quantitative estimate of drug-likeness (QED) is 0.777. The molecule has 1 aliphatic carbocycles. The Balaban J connectivity index is 1.95. The van der Waals surface area contributed by atoms with Gasteiger partial charge >= 0.3 is 0 Å². The molecule has 0 amide bonds. The molecule has 1 spiro atoms. The van der Waals surface area contributed by atoms with Gasteiger partial charge in [0.25, 0.3) is 0 Å². The molecular weight excluding hydrogens is 238 g/mol. The zero-order chi connectivity index (χ0) is 13.0. The summed E-state index contributed by atoms with van der Waals surface area (Å²) >= 11 is 0. The lowest BCUT2D eigenvalue weighted by Crippen LogP contribution is -2.42. The van der Waals surface area contributed by atoms with Crippen LogP contribution in [0.25, 0.3) is 0 Å². The lowest BCUT2D eigenvalue weighted by atomic mass is 9.66. The maximum atomic E-state index is 10.2. The Morgan fingerprint density at radius 1 is 1.32 bits per heavy atom. The minimum Gasteiger partial charge on any atom is -0.504 e. The smallest absolute Gasteiger partial charge is 0.165 e. The fourth-order valence-electron chi connectivity index (χ4n) is 4.39. The molecule has 1 saturated carbocycles. The van der Waals surface area contributed by atoms with Crippen molar-refractivity contribution in [1.29, 1.82) is 0 Å². The van der Waals surface area contributed by atoms with E-state index in [-0.39, 0.29) is 11.5 Å². The highest BCUT2D eigenvalue weighted by molar-refractivity contribution is 5.58. The van der Waals surface area contributed by atoms with E-state index in [1.807, 2.05) is 0 Å². The maximum absolute atomic E-state index is 10.2. The van der Waals surface area contributed by atoms with Crippen molar-refractivity contribution in [3.8, 4) is 11.5 Å². The van der Waals surface area contributed by atoms with Gasteiger partial charge in [-0.1, -0.05) is 12.5 Å². The molecule has 1 N–H and O–H groups in total. The Labute approximate surface area is 114 Å². The van der Waals surface area contributed by atoms with Gasteiger partial charge in [0.15, 0.2) is 11.5 Å². The van der Waals surface area contributed by atoms with Crippen LogP contribution in [-0.4, -0.2) is 29.7 Å². The molecule has 1 fully saturated rings. The van der Waals surface area contributed by atoms with Crippen molar-refractivity contribution in [2.75, 3.05) is 13.6 Å². The average molecular weight is 259 g/mol.